The fourth-order valence-electron chi connectivity index (χ4n) is 4.88. The predicted octanol–water partition coefficient (Wildman–Crippen LogP) is 7.73. The summed E-state index contributed by atoms with van der Waals surface area (Å²) >= 11 is 0. The largest absolute Gasteiger partial charge is 0.456 e. The van der Waals surface area contributed by atoms with Crippen LogP contribution in [-0.4, -0.2) is 15.0 Å². The Kier molecular flexibility index (Phi) is 4.56. The molecular formula is C31H21N3O. The van der Waals surface area contributed by atoms with Gasteiger partial charge >= 0.3 is 0 Å². The second-order valence-electron chi connectivity index (χ2n) is 8.80. The maximum atomic E-state index is 6.13. The van der Waals surface area contributed by atoms with Crippen molar-refractivity contribution in [2.75, 3.05) is 0 Å². The van der Waals surface area contributed by atoms with Gasteiger partial charge in [0.05, 0.1) is 0 Å². The zero-order valence-electron chi connectivity index (χ0n) is 19.0. The van der Waals surface area contributed by atoms with E-state index in [1.165, 1.54) is 11.1 Å². The number of rotatable bonds is 3. The van der Waals surface area contributed by atoms with E-state index in [-0.39, 0.29) is 0 Å². The van der Waals surface area contributed by atoms with Crippen molar-refractivity contribution in [2.45, 2.75) is 12.8 Å². The lowest BCUT2D eigenvalue weighted by Crippen LogP contribution is -2.01. The van der Waals surface area contributed by atoms with Crippen LogP contribution < -0.4 is 0 Å². The molecule has 4 aromatic carbocycles. The van der Waals surface area contributed by atoms with Crippen LogP contribution in [0.2, 0.25) is 0 Å². The Morgan fingerprint density at radius 3 is 2.31 bits per heavy atom. The number of allylic oxidation sites excluding steroid dienone is 1. The Bertz CT molecular complexity index is 1750. The van der Waals surface area contributed by atoms with Gasteiger partial charge < -0.3 is 4.42 Å². The van der Waals surface area contributed by atoms with Crippen molar-refractivity contribution in [3.8, 4) is 34.2 Å². The van der Waals surface area contributed by atoms with Gasteiger partial charge in [-0.2, -0.15) is 0 Å². The molecule has 7 rings (SSSR count). The number of furan rings is 1. The number of hydrogen-bond donors (Lipinski definition) is 0. The van der Waals surface area contributed by atoms with Crippen LogP contribution in [0.4, 0.5) is 0 Å². The third kappa shape index (κ3) is 3.42. The van der Waals surface area contributed by atoms with Gasteiger partial charge in [0, 0.05) is 27.5 Å². The summed E-state index contributed by atoms with van der Waals surface area (Å²) in [6, 6.07) is 30.7. The maximum absolute atomic E-state index is 6.13. The SMILES string of the molecule is C1=Cc2ccc(-c3nc(-c4ccccc4)nc(-c4cccc5oc6ccccc6c45)n3)cc2CC1. The molecule has 0 saturated carbocycles. The summed E-state index contributed by atoms with van der Waals surface area (Å²) < 4.78 is 6.13. The first kappa shape index (κ1) is 19.9. The summed E-state index contributed by atoms with van der Waals surface area (Å²) in [5, 5.41) is 2.08. The first-order valence-electron chi connectivity index (χ1n) is 11.9. The van der Waals surface area contributed by atoms with E-state index in [1.54, 1.807) is 0 Å². The first-order valence-corrected chi connectivity index (χ1v) is 11.9. The monoisotopic (exact) mass is 451 g/mol. The van der Waals surface area contributed by atoms with Gasteiger partial charge in [0.15, 0.2) is 17.5 Å². The molecule has 0 saturated heterocycles. The molecule has 0 fully saturated rings. The van der Waals surface area contributed by atoms with E-state index >= 15 is 0 Å². The Labute approximate surface area is 202 Å². The number of benzene rings is 4. The lowest BCUT2D eigenvalue weighted by Gasteiger charge is -2.13. The van der Waals surface area contributed by atoms with Crippen LogP contribution in [0.3, 0.4) is 0 Å². The van der Waals surface area contributed by atoms with Crippen molar-refractivity contribution in [2.24, 2.45) is 0 Å². The molecule has 166 valence electrons. The Morgan fingerprint density at radius 2 is 1.40 bits per heavy atom. The van der Waals surface area contributed by atoms with E-state index in [0.29, 0.717) is 17.5 Å². The second kappa shape index (κ2) is 8.03. The maximum Gasteiger partial charge on any atom is 0.164 e. The minimum absolute atomic E-state index is 0.642. The smallest absolute Gasteiger partial charge is 0.164 e. The molecule has 0 unspecified atom stereocenters. The topological polar surface area (TPSA) is 51.8 Å². The molecular weight excluding hydrogens is 430 g/mol. The standard InChI is InChI=1S/C31H21N3O/c1-2-10-21(11-3-1)29-32-30(23-18-17-20-9-4-5-12-22(20)19-23)34-31(33-29)25-14-8-16-27-28(25)24-13-6-7-15-26(24)35-27/h1-4,6-11,13-19H,5,12H2. The Hall–Kier alpha value is -4.57. The summed E-state index contributed by atoms with van der Waals surface area (Å²) in [5.41, 5.74) is 7.19. The van der Waals surface area contributed by atoms with Crippen LogP contribution in [-0.2, 0) is 6.42 Å². The quantitative estimate of drug-likeness (QED) is 0.276. The van der Waals surface area contributed by atoms with Crippen molar-refractivity contribution in [3.63, 3.8) is 0 Å². The molecule has 0 spiro atoms. The fourth-order valence-corrected chi connectivity index (χ4v) is 4.88. The highest BCUT2D eigenvalue weighted by Crippen LogP contribution is 2.36. The molecule has 1 aliphatic carbocycles. The van der Waals surface area contributed by atoms with Gasteiger partial charge in [0.1, 0.15) is 11.2 Å². The zero-order chi connectivity index (χ0) is 23.2. The highest BCUT2D eigenvalue weighted by atomic mass is 16.3. The molecule has 0 amide bonds. The Morgan fingerprint density at radius 1 is 0.629 bits per heavy atom. The second-order valence-corrected chi connectivity index (χ2v) is 8.80. The molecule has 35 heavy (non-hydrogen) atoms. The molecule has 4 nitrogen and oxygen atoms in total. The molecule has 1 aliphatic rings. The lowest BCUT2D eigenvalue weighted by molar-refractivity contribution is 0.669. The number of aromatic nitrogens is 3. The minimum Gasteiger partial charge on any atom is -0.456 e. The van der Waals surface area contributed by atoms with E-state index in [1.807, 2.05) is 60.7 Å². The highest BCUT2D eigenvalue weighted by molar-refractivity contribution is 6.11. The molecule has 2 aromatic heterocycles. The molecule has 6 aromatic rings. The summed E-state index contributed by atoms with van der Waals surface area (Å²) in [7, 11) is 0. The van der Waals surface area contributed by atoms with Crippen molar-refractivity contribution >= 4 is 28.0 Å². The van der Waals surface area contributed by atoms with Crippen LogP contribution in [0.5, 0.6) is 0 Å². The fraction of sp³-hybridized carbons (Fsp3) is 0.0645. The number of nitrogens with zero attached hydrogens (tertiary/aromatic N) is 3. The van der Waals surface area contributed by atoms with Gasteiger partial charge in [-0.05, 0) is 42.2 Å². The number of para-hydroxylation sites is 1. The third-order valence-corrected chi connectivity index (χ3v) is 6.59. The van der Waals surface area contributed by atoms with Gasteiger partial charge in [-0.15, -0.1) is 0 Å². The molecule has 0 bridgehead atoms. The normalized spacial score (nSPS) is 12.8. The average Bonchev–Trinajstić information content (AvgIpc) is 3.32. The molecule has 0 atom stereocenters. The molecule has 0 radical (unpaired) electrons. The van der Waals surface area contributed by atoms with Crippen molar-refractivity contribution in [3.05, 3.63) is 108 Å². The molecule has 2 heterocycles. The van der Waals surface area contributed by atoms with E-state index in [0.717, 1.165) is 51.5 Å². The van der Waals surface area contributed by atoms with Crippen LogP contribution in [0, 0.1) is 0 Å². The lowest BCUT2D eigenvalue weighted by atomic mass is 9.95. The molecule has 0 N–H and O–H groups in total. The van der Waals surface area contributed by atoms with E-state index in [9.17, 15) is 0 Å². The van der Waals surface area contributed by atoms with Crippen LogP contribution in [0.15, 0.2) is 101 Å². The number of aryl methyl sites for hydroxylation is 1. The summed E-state index contributed by atoms with van der Waals surface area (Å²) in [6.45, 7) is 0. The van der Waals surface area contributed by atoms with E-state index in [4.69, 9.17) is 19.4 Å². The average molecular weight is 452 g/mol. The molecule has 0 aliphatic heterocycles. The number of fused-ring (bicyclic) bond motifs is 4. The van der Waals surface area contributed by atoms with Crippen molar-refractivity contribution < 1.29 is 4.42 Å². The van der Waals surface area contributed by atoms with Crippen LogP contribution >= 0.6 is 0 Å². The summed E-state index contributed by atoms with van der Waals surface area (Å²) in [4.78, 5) is 14.9. The van der Waals surface area contributed by atoms with Crippen molar-refractivity contribution in [1.82, 2.24) is 15.0 Å². The summed E-state index contributed by atoms with van der Waals surface area (Å²) in [5.74, 6) is 1.98. The minimum atomic E-state index is 0.642. The van der Waals surface area contributed by atoms with E-state index < -0.39 is 0 Å². The van der Waals surface area contributed by atoms with Crippen molar-refractivity contribution in [1.29, 1.82) is 0 Å². The third-order valence-electron chi connectivity index (χ3n) is 6.59. The predicted molar refractivity (Wildman–Crippen MR) is 141 cm³/mol. The Balaban J connectivity index is 1.49. The summed E-state index contributed by atoms with van der Waals surface area (Å²) in [6.07, 6.45) is 6.52. The van der Waals surface area contributed by atoms with Gasteiger partial charge in [-0.1, -0.05) is 84.9 Å². The van der Waals surface area contributed by atoms with Gasteiger partial charge in [0.2, 0.25) is 0 Å². The zero-order valence-corrected chi connectivity index (χ0v) is 19.0. The first-order chi connectivity index (χ1) is 17.3. The number of hydrogen-bond acceptors (Lipinski definition) is 4. The van der Waals surface area contributed by atoms with Crippen LogP contribution in [0.25, 0.3) is 62.2 Å². The van der Waals surface area contributed by atoms with E-state index in [2.05, 4.69) is 42.5 Å². The van der Waals surface area contributed by atoms with Gasteiger partial charge in [-0.3, -0.25) is 0 Å². The van der Waals surface area contributed by atoms with Gasteiger partial charge in [0.25, 0.3) is 0 Å². The highest BCUT2D eigenvalue weighted by Gasteiger charge is 2.18. The molecule has 4 heteroatoms. The van der Waals surface area contributed by atoms with Gasteiger partial charge in [-0.25, -0.2) is 15.0 Å². The van der Waals surface area contributed by atoms with Crippen LogP contribution in [0.1, 0.15) is 17.5 Å².